The van der Waals surface area contributed by atoms with Crippen molar-refractivity contribution in [3.63, 3.8) is 0 Å². The molecule has 0 aromatic heterocycles. The number of benzene rings is 1. The molecule has 0 saturated heterocycles. The maximum absolute atomic E-state index is 9.07. The van der Waals surface area contributed by atoms with Gasteiger partial charge in [0.05, 0.1) is 18.1 Å². The predicted molar refractivity (Wildman–Crippen MR) is 54.3 cm³/mol. The summed E-state index contributed by atoms with van der Waals surface area (Å²) in [5.41, 5.74) is 1.77. The average Bonchev–Trinajstić information content (AvgIpc) is 2.64. The second-order valence-electron chi connectivity index (χ2n) is 4.13. The minimum Gasteiger partial charge on any atom is -0.493 e. The first-order valence-electron chi connectivity index (χ1n) is 4.81. The largest absolute Gasteiger partial charge is 0.493 e. The van der Waals surface area contributed by atoms with Crippen LogP contribution in [0.5, 0.6) is 5.75 Å². The highest BCUT2D eigenvalue weighted by molar-refractivity contribution is 5.49. The van der Waals surface area contributed by atoms with E-state index in [-0.39, 0.29) is 0 Å². The molecule has 14 heavy (non-hydrogen) atoms. The molecule has 1 aromatic rings. The van der Waals surface area contributed by atoms with Gasteiger partial charge in [-0.2, -0.15) is 5.26 Å². The predicted octanol–water partition coefficient (Wildman–Crippen LogP) is 2.42. The number of para-hydroxylation sites is 1. The third-order valence-corrected chi connectivity index (χ3v) is 2.67. The Balaban J connectivity index is 2.56. The second-order valence-corrected chi connectivity index (χ2v) is 4.13. The first-order chi connectivity index (χ1) is 6.65. The number of hydrogen-bond acceptors (Lipinski definition) is 2. The standard InChI is InChI=1S/C12H13NO/c1-12(2,8-13)10-5-3-4-9-6-7-14-11(9)10/h3-5H,6-7H2,1-2H3. The number of nitriles is 1. The normalized spacial score (nSPS) is 14.4. The van der Waals surface area contributed by atoms with Crippen LogP contribution < -0.4 is 4.74 Å². The summed E-state index contributed by atoms with van der Waals surface area (Å²) in [4.78, 5) is 0. The van der Waals surface area contributed by atoms with E-state index in [4.69, 9.17) is 10.00 Å². The van der Waals surface area contributed by atoms with Crippen LogP contribution in [0.3, 0.4) is 0 Å². The Morgan fingerprint density at radius 3 is 2.93 bits per heavy atom. The molecule has 0 atom stereocenters. The molecule has 0 N–H and O–H groups in total. The Bertz CT molecular complexity index is 401. The Labute approximate surface area is 84.1 Å². The zero-order chi connectivity index (χ0) is 10.2. The van der Waals surface area contributed by atoms with Crippen molar-refractivity contribution >= 4 is 0 Å². The highest BCUT2D eigenvalue weighted by Gasteiger charge is 2.27. The molecule has 1 aliphatic heterocycles. The van der Waals surface area contributed by atoms with Crippen molar-refractivity contribution < 1.29 is 4.74 Å². The zero-order valence-electron chi connectivity index (χ0n) is 8.50. The summed E-state index contributed by atoms with van der Waals surface area (Å²) < 4.78 is 5.57. The fourth-order valence-corrected chi connectivity index (χ4v) is 1.77. The zero-order valence-corrected chi connectivity index (χ0v) is 8.50. The van der Waals surface area contributed by atoms with Crippen molar-refractivity contribution in [2.24, 2.45) is 0 Å². The van der Waals surface area contributed by atoms with Crippen LogP contribution in [0.2, 0.25) is 0 Å². The number of hydrogen-bond donors (Lipinski definition) is 0. The molecule has 0 amide bonds. The molecule has 0 saturated carbocycles. The molecule has 2 rings (SSSR count). The number of ether oxygens (including phenoxy) is 1. The Morgan fingerprint density at radius 1 is 1.43 bits per heavy atom. The molecule has 0 radical (unpaired) electrons. The maximum atomic E-state index is 9.07. The van der Waals surface area contributed by atoms with E-state index < -0.39 is 5.41 Å². The summed E-state index contributed by atoms with van der Waals surface area (Å²) in [6.07, 6.45) is 0.963. The Hall–Kier alpha value is -1.49. The van der Waals surface area contributed by atoms with Gasteiger partial charge in [0.2, 0.25) is 0 Å². The lowest BCUT2D eigenvalue weighted by molar-refractivity contribution is 0.349. The molecule has 0 fully saturated rings. The van der Waals surface area contributed by atoms with Crippen molar-refractivity contribution in [3.8, 4) is 11.8 Å². The van der Waals surface area contributed by atoms with Gasteiger partial charge in [-0.15, -0.1) is 0 Å². The fraction of sp³-hybridized carbons (Fsp3) is 0.417. The van der Waals surface area contributed by atoms with Crippen LogP contribution in [0.15, 0.2) is 18.2 Å². The molecule has 0 spiro atoms. The highest BCUT2D eigenvalue weighted by Crippen LogP contribution is 2.36. The summed E-state index contributed by atoms with van der Waals surface area (Å²) in [5.74, 6) is 0.930. The molecular weight excluding hydrogens is 174 g/mol. The van der Waals surface area contributed by atoms with E-state index in [0.29, 0.717) is 0 Å². The molecule has 72 valence electrons. The van der Waals surface area contributed by atoms with Crippen LogP contribution in [0.25, 0.3) is 0 Å². The average molecular weight is 187 g/mol. The third-order valence-electron chi connectivity index (χ3n) is 2.67. The number of fused-ring (bicyclic) bond motifs is 1. The van der Waals surface area contributed by atoms with Crippen molar-refractivity contribution in [3.05, 3.63) is 29.3 Å². The van der Waals surface area contributed by atoms with Crippen LogP contribution >= 0.6 is 0 Å². The molecule has 1 aliphatic rings. The quantitative estimate of drug-likeness (QED) is 0.676. The van der Waals surface area contributed by atoms with Crippen molar-refractivity contribution in [2.75, 3.05) is 6.61 Å². The van der Waals surface area contributed by atoms with Crippen LogP contribution in [0, 0.1) is 11.3 Å². The van der Waals surface area contributed by atoms with Gasteiger partial charge in [-0.1, -0.05) is 18.2 Å². The summed E-state index contributed by atoms with van der Waals surface area (Å²) >= 11 is 0. The summed E-state index contributed by atoms with van der Waals surface area (Å²) in [7, 11) is 0. The van der Waals surface area contributed by atoms with E-state index in [1.54, 1.807) is 0 Å². The second kappa shape index (κ2) is 3.02. The molecule has 0 unspecified atom stereocenters. The van der Waals surface area contributed by atoms with Crippen LogP contribution in [0.4, 0.5) is 0 Å². The van der Waals surface area contributed by atoms with E-state index in [0.717, 1.165) is 24.3 Å². The van der Waals surface area contributed by atoms with Gasteiger partial charge < -0.3 is 4.74 Å². The lowest BCUT2D eigenvalue weighted by atomic mass is 9.85. The van der Waals surface area contributed by atoms with Gasteiger partial charge in [-0.3, -0.25) is 0 Å². The SMILES string of the molecule is CC(C)(C#N)c1cccc2c1OCC2. The summed E-state index contributed by atoms with van der Waals surface area (Å²) in [5, 5.41) is 9.07. The minimum absolute atomic E-state index is 0.463. The van der Waals surface area contributed by atoms with Crippen molar-refractivity contribution in [2.45, 2.75) is 25.7 Å². The van der Waals surface area contributed by atoms with Gasteiger partial charge >= 0.3 is 0 Å². The topological polar surface area (TPSA) is 33.0 Å². The van der Waals surface area contributed by atoms with Crippen LogP contribution in [0.1, 0.15) is 25.0 Å². The summed E-state index contributed by atoms with van der Waals surface area (Å²) in [6, 6.07) is 8.36. The van der Waals surface area contributed by atoms with Gasteiger partial charge in [0.25, 0.3) is 0 Å². The monoisotopic (exact) mass is 187 g/mol. The van der Waals surface area contributed by atoms with Crippen LogP contribution in [-0.2, 0) is 11.8 Å². The van der Waals surface area contributed by atoms with E-state index in [1.807, 2.05) is 26.0 Å². The van der Waals surface area contributed by atoms with Crippen molar-refractivity contribution in [1.29, 1.82) is 5.26 Å². The lowest BCUT2D eigenvalue weighted by Crippen LogP contribution is -2.14. The fourth-order valence-electron chi connectivity index (χ4n) is 1.77. The molecule has 0 bridgehead atoms. The highest BCUT2D eigenvalue weighted by atomic mass is 16.5. The molecular formula is C12H13NO. The maximum Gasteiger partial charge on any atom is 0.127 e. The minimum atomic E-state index is -0.463. The van der Waals surface area contributed by atoms with Crippen LogP contribution in [-0.4, -0.2) is 6.61 Å². The first-order valence-corrected chi connectivity index (χ1v) is 4.81. The molecule has 0 aliphatic carbocycles. The Kier molecular flexibility index (Phi) is 1.96. The van der Waals surface area contributed by atoms with Gasteiger partial charge in [0.15, 0.2) is 0 Å². The Morgan fingerprint density at radius 2 is 2.21 bits per heavy atom. The number of rotatable bonds is 1. The lowest BCUT2D eigenvalue weighted by Gasteiger charge is -2.18. The third kappa shape index (κ3) is 1.26. The summed E-state index contributed by atoms with van der Waals surface area (Å²) in [6.45, 7) is 4.59. The van der Waals surface area contributed by atoms with Gasteiger partial charge in [0.1, 0.15) is 5.75 Å². The van der Waals surface area contributed by atoms with E-state index in [1.165, 1.54) is 5.56 Å². The molecule has 1 heterocycles. The first kappa shape index (κ1) is 9.08. The smallest absolute Gasteiger partial charge is 0.127 e. The van der Waals surface area contributed by atoms with Gasteiger partial charge in [-0.05, 0) is 19.4 Å². The van der Waals surface area contributed by atoms with E-state index >= 15 is 0 Å². The number of nitrogens with zero attached hydrogens (tertiary/aromatic N) is 1. The molecule has 2 heteroatoms. The van der Waals surface area contributed by atoms with Gasteiger partial charge in [0, 0.05) is 12.0 Å². The van der Waals surface area contributed by atoms with E-state index in [2.05, 4.69) is 12.1 Å². The van der Waals surface area contributed by atoms with Crippen molar-refractivity contribution in [1.82, 2.24) is 0 Å². The van der Waals surface area contributed by atoms with Gasteiger partial charge in [-0.25, -0.2) is 0 Å². The molecule has 1 aromatic carbocycles. The molecule has 2 nitrogen and oxygen atoms in total. The van der Waals surface area contributed by atoms with E-state index in [9.17, 15) is 0 Å².